The second-order valence-corrected chi connectivity index (χ2v) is 6.29. The molecule has 0 aliphatic carbocycles. The van der Waals surface area contributed by atoms with Gasteiger partial charge >= 0.3 is 0 Å². The van der Waals surface area contributed by atoms with Crippen molar-refractivity contribution in [2.45, 2.75) is 0 Å². The molecule has 20 heavy (non-hydrogen) atoms. The Morgan fingerprint density at radius 3 is 2.90 bits per heavy atom. The van der Waals surface area contributed by atoms with Crippen LogP contribution >= 0.6 is 43.6 Å². The van der Waals surface area contributed by atoms with E-state index in [2.05, 4.69) is 45.6 Å². The number of hydrogen-bond donors (Lipinski definition) is 1. The number of fused-ring (bicyclic) bond motifs is 1. The number of aromatic hydroxyl groups is 1. The fourth-order valence-electron chi connectivity index (χ4n) is 1.72. The summed E-state index contributed by atoms with van der Waals surface area (Å²) in [6.45, 7) is 0. The van der Waals surface area contributed by atoms with Crippen LogP contribution in [0.1, 0.15) is 5.56 Å². The zero-order valence-corrected chi connectivity index (χ0v) is 13.9. The van der Waals surface area contributed by atoms with Crippen molar-refractivity contribution in [1.82, 2.24) is 8.75 Å². The van der Waals surface area contributed by atoms with Gasteiger partial charge in [0.25, 0.3) is 0 Å². The van der Waals surface area contributed by atoms with Gasteiger partial charge < -0.3 is 5.11 Å². The lowest BCUT2D eigenvalue weighted by atomic mass is 10.2. The van der Waals surface area contributed by atoms with E-state index in [1.54, 1.807) is 18.3 Å². The SMILES string of the molecule is Oc1c(Br)cc(Br)cc1C=Nc1cccc2nsnc12. The number of halogens is 2. The highest BCUT2D eigenvalue weighted by Gasteiger charge is 2.07. The van der Waals surface area contributed by atoms with Crippen LogP contribution < -0.4 is 0 Å². The number of aromatic nitrogens is 2. The van der Waals surface area contributed by atoms with Crippen molar-refractivity contribution in [3.63, 3.8) is 0 Å². The van der Waals surface area contributed by atoms with Crippen molar-refractivity contribution >= 4 is 66.5 Å². The maximum atomic E-state index is 9.99. The molecule has 0 atom stereocenters. The summed E-state index contributed by atoms with van der Waals surface area (Å²) in [7, 11) is 0. The fourth-order valence-corrected chi connectivity index (χ4v) is 3.52. The molecule has 7 heteroatoms. The van der Waals surface area contributed by atoms with Gasteiger partial charge in [-0.3, -0.25) is 4.99 Å². The van der Waals surface area contributed by atoms with Gasteiger partial charge in [0.05, 0.1) is 21.9 Å². The first kappa shape index (κ1) is 13.7. The number of nitrogens with zero attached hydrogens (tertiary/aromatic N) is 3. The Kier molecular flexibility index (Phi) is 3.82. The zero-order chi connectivity index (χ0) is 14.1. The standard InChI is InChI=1S/C13H7Br2N3OS/c14-8-4-7(13(19)9(15)5-8)6-16-10-2-1-3-11-12(10)18-20-17-11/h1-6,19H. The normalized spacial score (nSPS) is 11.5. The van der Waals surface area contributed by atoms with Gasteiger partial charge in [-0.05, 0) is 40.2 Å². The molecule has 1 heterocycles. The molecule has 0 fully saturated rings. The van der Waals surface area contributed by atoms with Crippen molar-refractivity contribution < 1.29 is 5.11 Å². The lowest BCUT2D eigenvalue weighted by Crippen LogP contribution is -1.84. The third-order valence-corrected chi connectivity index (χ3v) is 4.27. The molecule has 0 unspecified atom stereocenters. The first-order valence-electron chi connectivity index (χ1n) is 5.58. The van der Waals surface area contributed by atoms with Gasteiger partial charge in [0.1, 0.15) is 16.8 Å². The Balaban J connectivity index is 2.05. The quantitative estimate of drug-likeness (QED) is 0.622. The van der Waals surface area contributed by atoms with E-state index >= 15 is 0 Å². The molecule has 0 aliphatic heterocycles. The third-order valence-electron chi connectivity index (χ3n) is 2.67. The van der Waals surface area contributed by atoms with E-state index < -0.39 is 0 Å². The molecule has 3 aromatic rings. The van der Waals surface area contributed by atoms with Gasteiger partial charge in [-0.15, -0.1) is 0 Å². The van der Waals surface area contributed by atoms with E-state index in [4.69, 9.17) is 0 Å². The van der Waals surface area contributed by atoms with Gasteiger partial charge in [0.2, 0.25) is 0 Å². The number of aliphatic imine (C=N–C) groups is 1. The summed E-state index contributed by atoms with van der Waals surface area (Å²) in [5.74, 6) is 0.153. The monoisotopic (exact) mass is 411 g/mol. The summed E-state index contributed by atoms with van der Waals surface area (Å²) in [6, 6.07) is 9.21. The van der Waals surface area contributed by atoms with Gasteiger partial charge in [-0.2, -0.15) is 8.75 Å². The first-order valence-corrected chi connectivity index (χ1v) is 7.90. The average Bonchev–Trinajstić information content (AvgIpc) is 2.90. The van der Waals surface area contributed by atoms with Crippen molar-refractivity contribution in [3.05, 3.63) is 44.8 Å². The highest BCUT2D eigenvalue weighted by molar-refractivity contribution is 9.11. The van der Waals surface area contributed by atoms with E-state index in [1.165, 1.54) is 0 Å². The summed E-state index contributed by atoms with van der Waals surface area (Å²) in [5.41, 5.74) is 2.93. The number of rotatable bonds is 2. The lowest BCUT2D eigenvalue weighted by Gasteiger charge is -2.02. The van der Waals surface area contributed by atoms with Crippen LogP contribution in [0.4, 0.5) is 5.69 Å². The minimum Gasteiger partial charge on any atom is -0.506 e. The smallest absolute Gasteiger partial charge is 0.138 e. The molecule has 0 radical (unpaired) electrons. The van der Waals surface area contributed by atoms with Crippen LogP contribution in [0, 0.1) is 0 Å². The van der Waals surface area contributed by atoms with E-state index in [0.29, 0.717) is 10.0 Å². The summed E-state index contributed by atoms with van der Waals surface area (Å²) in [5, 5.41) is 9.99. The van der Waals surface area contributed by atoms with Crippen molar-refractivity contribution in [3.8, 4) is 5.75 Å². The number of phenolic OH excluding ortho intramolecular Hbond substituents is 1. The fraction of sp³-hybridized carbons (Fsp3) is 0. The van der Waals surface area contributed by atoms with Crippen LogP contribution in [0.2, 0.25) is 0 Å². The number of hydrogen-bond acceptors (Lipinski definition) is 5. The largest absolute Gasteiger partial charge is 0.506 e. The molecule has 0 saturated heterocycles. The predicted molar refractivity (Wildman–Crippen MR) is 88.2 cm³/mol. The van der Waals surface area contributed by atoms with Gasteiger partial charge in [-0.1, -0.05) is 22.0 Å². The van der Waals surface area contributed by atoms with Gasteiger partial charge in [-0.25, -0.2) is 0 Å². The highest BCUT2D eigenvalue weighted by atomic mass is 79.9. The predicted octanol–water partition coefficient (Wildman–Crippen LogP) is 4.67. The van der Waals surface area contributed by atoms with Crippen LogP contribution in [0.25, 0.3) is 11.0 Å². The maximum Gasteiger partial charge on any atom is 0.138 e. The molecule has 2 aromatic carbocycles. The maximum absolute atomic E-state index is 9.99. The van der Waals surface area contributed by atoms with Crippen LogP contribution in [0.15, 0.2) is 44.3 Å². The van der Waals surface area contributed by atoms with Crippen LogP contribution in [-0.4, -0.2) is 20.1 Å². The number of benzene rings is 2. The first-order chi connectivity index (χ1) is 9.65. The molecule has 4 nitrogen and oxygen atoms in total. The summed E-state index contributed by atoms with van der Waals surface area (Å²) in [4.78, 5) is 4.40. The van der Waals surface area contributed by atoms with Crippen molar-refractivity contribution in [2.24, 2.45) is 4.99 Å². The molecular formula is C13H7Br2N3OS. The van der Waals surface area contributed by atoms with E-state index in [9.17, 15) is 5.11 Å². The minimum atomic E-state index is 0.153. The molecule has 0 amide bonds. The molecule has 0 aliphatic rings. The summed E-state index contributed by atoms with van der Waals surface area (Å²) in [6.07, 6.45) is 1.61. The van der Waals surface area contributed by atoms with E-state index in [-0.39, 0.29) is 5.75 Å². The second-order valence-electron chi connectivity index (χ2n) is 3.99. The second kappa shape index (κ2) is 5.59. The van der Waals surface area contributed by atoms with Crippen LogP contribution in [-0.2, 0) is 0 Å². The Bertz CT molecular complexity index is 816. The zero-order valence-electron chi connectivity index (χ0n) is 9.92. The Labute approximate surface area is 135 Å². The minimum absolute atomic E-state index is 0.153. The highest BCUT2D eigenvalue weighted by Crippen LogP contribution is 2.31. The summed E-state index contributed by atoms with van der Waals surface area (Å²) >= 11 is 7.84. The van der Waals surface area contributed by atoms with E-state index in [1.807, 2.05) is 18.2 Å². The van der Waals surface area contributed by atoms with Crippen LogP contribution in [0.3, 0.4) is 0 Å². The van der Waals surface area contributed by atoms with Gasteiger partial charge in [0, 0.05) is 16.3 Å². The molecular weight excluding hydrogens is 406 g/mol. The third kappa shape index (κ3) is 2.61. The molecule has 0 saturated carbocycles. The molecule has 100 valence electrons. The molecule has 1 N–H and O–H groups in total. The molecule has 0 bridgehead atoms. The van der Waals surface area contributed by atoms with Crippen LogP contribution in [0.5, 0.6) is 5.75 Å². The van der Waals surface area contributed by atoms with E-state index in [0.717, 1.165) is 32.9 Å². The van der Waals surface area contributed by atoms with Crippen molar-refractivity contribution in [2.75, 3.05) is 0 Å². The summed E-state index contributed by atoms with van der Waals surface area (Å²) < 4.78 is 9.87. The topological polar surface area (TPSA) is 58.4 Å². The Hall–Kier alpha value is -1.31. The Morgan fingerprint density at radius 2 is 2.05 bits per heavy atom. The molecule has 1 aromatic heterocycles. The molecule has 0 spiro atoms. The molecule has 3 rings (SSSR count). The Morgan fingerprint density at radius 1 is 1.20 bits per heavy atom. The average molecular weight is 413 g/mol. The van der Waals surface area contributed by atoms with Gasteiger partial charge in [0.15, 0.2) is 0 Å². The van der Waals surface area contributed by atoms with Crippen molar-refractivity contribution in [1.29, 1.82) is 0 Å². The number of phenols is 1. The lowest BCUT2D eigenvalue weighted by molar-refractivity contribution is 0.471.